The SMILES string of the molecule is CCCOc1cc(NCCCC(=O)NC2CC2)ccc1N. The summed E-state index contributed by atoms with van der Waals surface area (Å²) in [6, 6.07) is 6.13. The number of carbonyl (C=O) groups is 1. The van der Waals surface area contributed by atoms with E-state index in [1.54, 1.807) is 0 Å². The Bertz CT molecular complexity index is 473. The molecule has 1 amide bonds. The number of hydrogen-bond acceptors (Lipinski definition) is 4. The third-order valence-electron chi connectivity index (χ3n) is 3.33. The van der Waals surface area contributed by atoms with E-state index in [0.29, 0.717) is 30.5 Å². The lowest BCUT2D eigenvalue weighted by molar-refractivity contribution is -0.121. The van der Waals surface area contributed by atoms with E-state index in [1.165, 1.54) is 0 Å². The predicted molar refractivity (Wildman–Crippen MR) is 85.5 cm³/mol. The molecule has 1 aromatic carbocycles. The van der Waals surface area contributed by atoms with Gasteiger partial charge in [0.1, 0.15) is 5.75 Å². The van der Waals surface area contributed by atoms with Crippen LogP contribution in [0.2, 0.25) is 0 Å². The first kappa shape index (κ1) is 15.5. The quantitative estimate of drug-likeness (QED) is 0.483. The summed E-state index contributed by atoms with van der Waals surface area (Å²) in [5.41, 5.74) is 7.49. The van der Waals surface area contributed by atoms with E-state index < -0.39 is 0 Å². The molecular formula is C16H25N3O2. The van der Waals surface area contributed by atoms with Gasteiger partial charge in [-0.1, -0.05) is 6.92 Å². The Balaban J connectivity index is 1.70. The number of anilines is 2. The van der Waals surface area contributed by atoms with Crippen molar-refractivity contribution in [3.8, 4) is 5.75 Å². The first-order chi connectivity index (χ1) is 10.2. The molecule has 0 aromatic heterocycles. The minimum atomic E-state index is 0.156. The van der Waals surface area contributed by atoms with Crippen molar-refractivity contribution in [2.75, 3.05) is 24.2 Å². The molecule has 5 heteroatoms. The van der Waals surface area contributed by atoms with E-state index in [0.717, 1.165) is 37.9 Å². The van der Waals surface area contributed by atoms with Gasteiger partial charge in [-0.05, 0) is 37.8 Å². The van der Waals surface area contributed by atoms with Crippen LogP contribution in [0, 0.1) is 0 Å². The van der Waals surface area contributed by atoms with Crippen LogP contribution in [0.25, 0.3) is 0 Å². The Morgan fingerprint density at radius 2 is 2.24 bits per heavy atom. The van der Waals surface area contributed by atoms with Crippen LogP contribution in [0.15, 0.2) is 18.2 Å². The fraction of sp³-hybridized carbons (Fsp3) is 0.562. The van der Waals surface area contributed by atoms with E-state index in [-0.39, 0.29) is 5.91 Å². The second-order valence-electron chi connectivity index (χ2n) is 5.47. The lowest BCUT2D eigenvalue weighted by Gasteiger charge is -2.11. The van der Waals surface area contributed by atoms with Crippen LogP contribution < -0.4 is 21.1 Å². The van der Waals surface area contributed by atoms with Crippen LogP contribution in [0.5, 0.6) is 5.75 Å². The molecule has 1 aliphatic rings. The highest BCUT2D eigenvalue weighted by atomic mass is 16.5. The number of nitrogen functional groups attached to an aromatic ring is 1. The zero-order valence-electron chi connectivity index (χ0n) is 12.7. The molecular weight excluding hydrogens is 266 g/mol. The van der Waals surface area contributed by atoms with Crippen molar-refractivity contribution in [1.29, 1.82) is 0 Å². The average Bonchev–Trinajstić information content (AvgIpc) is 3.27. The molecule has 116 valence electrons. The van der Waals surface area contributed by atoms with Gasteiger partial charge in [-0.15, -0.1) is 0 Å². The normalized spacial score (nSPS) is 13.8. The minimum Gasteiger partial charge on any atom is -0.491 e. The zero-order chi connectivity index (χ0) is 15.1. The largest absolute Gasteiger partial charge is 0.491 e. The Morgan fingerprint density at radius 3 is 2.95 bits per heavy atom. The molecule has 1 saturated carbocycles. The van der Waals surface area contributed by atoms with Crippen molar-refractivity contribution in [1.82, 2.24) is 5.32 Å². The standard InChI is InChI=1S/C16H25N3O2/c1-2-10-21-15-11-13(7-8-14(15)17)18-9-3-4-16(20)19-12-5-6-12/h7-8,11-12,18H,2-6,9-10,17H2,1H3,(H,19,20). The summed E-state index contributed by atoms with van der Waals surface area (Å²) in [4.78, 5) is 11.5. The molecule has 0 heterocycles. The molecule has 0 radical (unpaired) electrons. The summed E-state index contributed by atoms with van der Waals surface area (Å²) in [7, 11) is 0. The maximum Gasteiger partial charge on any atom is 0.220 e. The fourth-order valence-corrected chi connectivity index (χ4v) is 1.99. The maximum absolute atomic E-state index is 11.5. The number of rotatable bonds is 9. The van der Waals surface area contributed by atoms with Gasteiger partial charge in [0.2, 0.25) is 5.91 Å². The van der Waals surface area contributed by atoms with E-state index in [4.69, 9.17) is 10.5 Å². The highest BCUT2D eigenvalue weighted by Crippen LogP contribution is 2.25. The second kappa shape index (κ2) is 7.76. The van der Waals surface area contributed by atoms with Gasteiger partial charge in [0.05, 0.1) is 12.3 Å². The third kappa shape index (κ3) is 5.53. The monoisotopic (exact) mass is 291 g/mol. The Labute approximate surface area is 126 Å². The molecule has 1 fully saturated rings. The summed E-state index contributed by atoms with van der Waals surface area (Å²) in [6.45, 7) is 3.48. The van der Waals surface area contributed by atoms with Crippen LogP contribution in [-0.4, -0.2) is 25.1 Å². The molecule has 0 bridgehead atoms. The Kier molecular flexibility index (Phi) is 5.72. The maximum atomic E-state index is 11.5. The van der Waals surface area contributed by atoms with Gasteiger partial charge in [0.15, 0.2) is 0 Å². The van der Waals surface area contributed by atoms with Gasteiger partial charge >= 0.3 is 0 Å². The highest BCUT2D eigenvalue weighted by Gasteiger charge is 2.22. The van der Waals surface area contributed by atoms with Crippen molar-refractivity contribution >= 4 is 17.3 Å². The highest BCUT2D eigenvalue weighted by molar-refractivity contribution is 5.76. The fourth-order valence-electron chi connectivity index (χ4n) is 1.99. The summed E-state index contributed by atoms with van der Waals surface area (Å²) >= 11 is 0. The molecule has 4 N–H and O–H groups in total. The van der Waals surface area contributed by atoms with Crippen LogP contribution in [-0.2, 0) is 4.79 Å². The average molecular weight is 291 g/mol. The summed E-state index contributed by atoms with van der Waals surface area (Å²) < 4.78 is 5.59. The third-order valence-corrected chi connectivity index (χ3v) is 3.33. The van der Waals surface area contributed by atoms with Crippen molar-refractivity contribution in [2.24, 2.45) is 0 Å². The number of benzene rings is 1. The topological polar surface area (TPSA) is 76.4 Å². The van der Waals surface area contributed by atoms with Gasteiger partial charge in [-0.25, -0.2) is 0 Å². The summed E-state index contributed by atoms with van der Waals surface area (Å²) in [5.74, 6) is 0.872. The van der Waals surface area contributed by atoms with E-state index in [2.05, 4.69) is 17.6 Å². The molecule has 1 aliphatic carbocycles. The molecule has 0 unspecified atom stereocenters. The second-order valence-corrected chi connectivity index (χ2v) is 5.47. The molecule has 0 atom stereocenters. The zero-order valence-corrected chi connectivity index (χ0v) is 12.7. The van der Waals surface area contributed by atoms with Crippen molar-refractivity contribution in [2.45, 2.75) is 45.1 Å². The number of ether oxygens (including phenoxy) is 1. The smallest absolute Gasteiger partial charge is 0.220 e. The number of nitrogens with two attached hydrogens (primary N) is 1. The number of carbonyl (C=O) groups excluding carboxylic acids is 1. The molecule has 0 aliphatic heterocycles. The first-order valence-corrected chi connectivity index (χ1v) is 7.74. The van der Waals surface area contributed by atoms with Crippen molar-refractivity contribution in [3.05, 3.63) is 18.2 Å². The van der Waals surface area contributed by atoms with Crippen molar-refractivity contribution < 1.29 is 9.53 Å². The van der Waals surface area contributed by atoms with Gasteiger partial charge in [-0.3, -0.25) is 4.79 Å². The minimum absolute atomic E-state index is 0.156. The number of hydrogen-bond donors (Lipinski definition) is 3. The summed E-state index contributed by atoms with van der Waals surface area (Å²) in [5, 5.41) is 6.29. The van der Waals surface area contributed by atoms with Gasteiger partial charge in [-0.2, -0.15) is 0 Å². The van der Waals surface area contributed by atoms with Crippen LogP contribution in [0.1, 0.15) is 39.0 Å². The summed E-state index contributed by atoms with van der Waals surface area (Å²) in [6.07, 6.45) is 4.60. The van der Waals surface area contributed by atoms with Crippen LogP contribution in [0.4, 0.5) is 11.4 Å². The molecule has 0 saturated heterocycles. The first-order valence-electron chi connectivity index (χ1n) is 7.74. The predicted octanol–water partition coefficient (Wildman–Crippen LogP) is 2.53. The van der Waals surface area contributed by atoms with Crippen LogP contribution >= 0.6 is 0 Å². The van der Waals surface area contributed by atoms with Gasteiger partial charge < -0.3 is 21.1 Å². The molecule has 2 rings (SSSR count). The molecule has 1 aromatic rings. The lowest BCUT2D eigenvalue weighted by atomic mass is 10.2. The Morgan fingerprint density at radius 1 is 1.43 bits per heavy atom. The molecule has 21 heavy (non-hydrogen) atoms. The number of amides is 1. The van der Waals surface area contributed by atoms with Gasteiger partial charge in [0, 0.05) is 30.8 Å². The molecule has 0 spiro atoms. The van der Waals surface area contributed by atoms with Gasteiger partial charge in [0.25, 0.3) is 0 Å². The lowest BCUT2D eigenvalue weighted by Crippen LogP contribution is -2.25. The van der Waals surface area contributed by atoms with E-state index in [1.807, 2.05) is 18.2 Å². The van der Waals surface area contributed by atoms with E-state index in [9.17, 15) is 4.79 Å². The van der Waals surface area contributed by atoms with Crippen molar-refractivity contribution in [3.63, 3.8) is 0 Å². The Hall–Kier alpha value is -1.91. The number of nitrogens with one attached hydrogen (secondary N) is 2. The molecule has 5 nitrogen and oxygen atoms in total. The van der Waals surface area contributed by atoms with Crippen LogP contribution in [0.3, 0.4) is 0 Å². The van der Waals surface area contributed by atoms with E-state index >= 15 is 0 Å².